The first kappa shape index (κ1) is 11.1. The third-order valence-corrected chi connectivity index (χ3v) is 2.50. The minimum absolute atomic E-state index is 0.249. The van der Waals surface area contributed by atoms with Crippen LogP contribution in [0.1, 0.15) is 33.1 Å². The molecular weight excluding hydrogens is 162 g/mol. The predicted octanol–water partition coefficient (Wildman–Crippen LogP) is 1.33. The topological polar surface area (TPSA) is 49.3 Å². The summed E-state index contributed by atoms with van der Waals surface area (Å²) in [6, 6.07) is 0. The monoisotopic (exact) mass is 179 g/mol. The molecule has 0 amide bonds. The summed E-state index contributed by atoms with van der Waals surface area (Å²) in [7, 11) is 0. The van der Waals surface area contributed by atoms with Gasteiger partial charge in [-0.15, -0.1) is 0 Å². The summed E-state index contributed by atoms with van der Waals surface area (Å²) in [5, 5.41) is 2.77. The van der Waals surface area contributed by atoms with Crippen LogP contribution in [0.15, 0.2) is 0 Å². The Kier molecular flexibility index (Phi) is 6.80. The Morgan fingerprint density at radius 2 is 2.18 bits per heavy atom. The zero-order valence-corrected chi connectivity index (χ0v) is 7.99. The zero-order valence-electron chi connectivity index (χ0n) is 7.17. The Morgan fingerprint density at radius 3 is 2.55 bits per heavy atom. The van der Waals surface area contributed by atoms with Crippen molar-refractivity contribution in [2.75, 3.05) is 6.54 Å². The van der Waals surface area contributed by atoms with Gasteiger partial charge in [0.05, 0.1) is 0 Å². The first-order valence-electron chi connectivity index (χ1n) is 4.05. The highest BCUT2D eigenvalue weighted by atomic mass is 32.2. The van der Waals surface area contributed by atoms with Crippen LogP contribution in [0.5, 0.6) is 0 Å². The van der Waals surface area contributed by atoms with Crippen LogP contribution in [0.3, 0.4) is 0 Å². The maximum Gasteiger partial charge on any atom is 0.170 e. The number of nitrogens with one attached hydrogen (secondary N) is 1. The summed E-state index contributed by atoms with van der Waals surface area (Å²) in [5.41, 5.74) is 0. The van der Waals surface area contributed by atoms with Gasteiger partial charge in [-0.1, -0.05) is 20.3 Å². The number of unbranched alkanes of at least 4 members (excludes halogenated alkanes) is 1. The largest absolute Gasteiger partial charge is 0.305 e. The third kappa shape index (κ3) is 5.35. The molecule has 0 rings (SSSR count). The van der Waals surface area contributed by atoms with E-state index >= 15 is 0 Å². The lowest BCUT2D eigenvalue weighted by Crippen LogP contribution is -2.32. The minimum Gasteiger partial charge on any atom is -0.305 e. The quantitative estimate of drug-likeness (QED) is 0.478. The van der Waals surface area contributed by atoms with Crippen molar-refractivity contribution in [1.29, 1.82) is 0 Å². The van der Waals surface area contributed by atoms with Crippen molar-refractivity contribution >= 4 is 11.1 Å². The van der Waals surface area contributed by atoms with E-state index in [-0.39, 0.29) is 5.37 Å². The van der Waals surface area contributed by atoms with E-state index < -0.39 is 11.1 Å². The van der Waals surface area contributed by atoms with E-state index in [1.54, 1.807) is 0 Å². The fraction of sp³-hybridized carbons (Fsp3) is 1.00. The Labute approximate surface area is 70.9 Å². The lowest BCUT2D eigenvalue weighted by atomic mass is 10.3. The van der Waals surface area contributed by atoms with Gasteiger partial charge in [0, 0.05) is 0 Å². The summed E-state index contributed by atoms with van der Waals surface area (Å²) in [6.45, 7) is 4.83. The van der Waals surface area contributed by atoms with Gasteiger partial charge in [-0.3, -0.25) is 0 Å². The van der Waals surface area contributed by atoms with Crippen LogP contribution in [0.4, 0.5) is 0 Å². The summed E-state index contributed by atoms with van der Waals surface area (Å²) in [5.74, 6) is 0. The van der Waals surface area contributed by atoms with Crippen molar-refractivity contribution in [3.05, 3.63) is 0 Å². The molecule has 11 heavy (non-hydrogen) atoms. The summed E-state index contributed by atoms with van der Waals surface area (Å²) >= 11 is -1.72. The van der Waals surface area contributed by atoms with Crippen LogP contribution in [-0.2, 0) is 11.1 Å². The third-order valence-electron chi connectivity index (χ3n) is 1.52. The Hall–Kier alpha value is 0.0700. The molecule has 3 nitrogen and oxygen atoms in total. The van der Waals surface area contributed by atoms with Gasteiger partial charge in [0.25, 0.3) is 0 Å². The van der Waals surface area contributed by atoms with Gasteiger partial charge < -0.3 is 9.87 Å². The minimum atomic E-state index is -1.72. The Bertz CT molecular complexity index is 119. The van der Waals surface area contributed by atoms with Crippen LogP contribution in [0.2, 0.25) is 0 Å². The van der Waals surface area contributed by atoms with E-state index in [4.69, 9.17) is 4.55 Å². The van der Waals surface area contributed by atoms with E-state index in [9.17, 15) is 4.21 Å². The van der Waals surface area contributed by atoms with Crippen molar-refractivity contribution in [3.8, 4) is 0 Å². The van der Waals surface area contributed by atoms with Gasteiger partial charge >= 0.3 is 0 Å². The molecule has 0 bridgehead atoms. The molecule has 4 heteroatoms. The molecule has 0 aliphatic carbocycles. The predicted molar refractivity (Wildman–Crippen MR) is 47.8 cm³/mol. The van der Waals surface area contributed by atoms with Crippen molar-refractivity contribution in [1.82, 2.24) is 5.32 Å². The summed E-state index contributed by atoms with van der Waals surface area (Å²) in [4.78, 5) is 0. The molecule has 2 atom stereocenters. The summed E-state index contributed by atoms with van der Waals surface area (Å²) in [6.07, 6.45) is 2.88. The molecule has 0 radical (unpaired) electrons. The van der Waals surface area contributed by atoms with E-state index in [1.165, 1.54) is 0 Å². The molecule has 0 fully saturated rings. The first-order chi connectivity index (χ1) is 5.22. The van der Waals surface area contributed by atoms with E-state index in [2.05, 4.69) is 12.2 Å². The molecule has 2 unspecified atom stereocenters. The smallest absolute Gasteiger partial charge is 0.170 e. The normalized spacial score (nSPS) is 16.3. The lowest BCUT2D eigenvalue weighted by molar-refractivity contribution is 0.509. The molecule has 0 saturated carbocycles. The van der Waals surface area contributed by atoms with Crippen LogP contribution in [-0.4, -0.2) is 20.7 Å². The molecule has 0 aromatic heterocycles. The van der Waals surface area contributed by atoms with Gasteiger partial charge in [-0.2, -0.15) is 0 Å². The molecule has 0 aliphatic heterocycles. The van der Waals surface area contributed by atoms with Crippen LogP contribution >= 0.6 is 0 Å². The highest BCUT2D eigenvalue weighted by Gasteiger charge is 2.09. The molecule has 68 valence electrons. The first-order valence-corrected chi connectivity index (χ1v) is 5.22. The van der Waals surface area contributed by atoms with E-state index in [1.807, 2.05) is 6.92 Å². The molecule has 0 aromatic rings. The number of hydrogen-bond donors (Lipinski definition) is 2. The molecular formula is C7H17NO2S. The maximum absolute atomic E-state index is 10.6. The Balaban J connectivity index is 3.44. The number of rotatable bonds is 6. The zero-order chi connectivity index (χ0) is 8.69. The van der Waals surface area contributed by atoms with E-state index in [0.29, 0.717) is 6.42 Å². The molecule has 0 aromatic carbocycles. The van der Waals surface area contributed by atoms with Crippen molar-refractivity contribution in [2.45, 2.75) is 38.5 Å². The second kappa shape index (κ2) is 6.76. The maximum atomic E-state index is 10.6. The molecule has 0 aliphatic rings. The molecule has 0 saturated heterocycles. The fourth-order valence-electron chi connectivity index (χ4n) is 0.798. The lowest BCUT2D eigenvalue weighted by Gasteiger charge is -2.11. The molecule has 0 heterocycles. The van der Waals surface area contributed by atoms with Gasteiger partial charge in [0.2, 0.25) is 0 Å². The highest BCUT2D eigenvalue weighted by molar-refractivity contribution is 7.79. The van der Waals surface area contributed by atoms with Gasteiger partial charge in [0.15, 0.2) is 11.1 Å². The van der Waals surface area contributed by atoms with Crippen molar-refractivity contribution in [3.63, 3.8) is 0 Å². The van der Waals surface area contributed by atoms with Gasteiger partial charge in [-0.05, 0) is 19.4 Å². The second-order valence-electron chi connectivity index (χ2n) is 2.48. The molecule has 2 N–H and O–H groups in total. The van der Waals surface area contributed by atoms with Gasteiger partial charge in [-0.25, -0.2) is 4.21 Å². The van der Waals surface area contributed by atoms with Crippen LogP contribution < -0.4 is 5.32 Å². The summed E-state index contributed by atoms with van der Waals surface area (Å²) < 4.78 is 19.3. The number of hydrogen-bond acceptors (Lipinski definition) is 2. The average molecular weight is 179 g/mol. The Morgan fingerprint density at radius 1 is 1.55 bits per heavy atom. The molecule has 0 spiro atoms. The standard InChI is InChI=1S/C7H17NO2S/c1-3-5-6-8-7(4-2)11(9)10/h7-8H,3-6H2,1-2H3,(H,9,10). The van der Waals surface area contributed by atoms with Crippen molar-refractivity contribution in [2.24, 2.45) is 0 Å². The van der Waals surface area contributed by atoms with E-state index in [0.717, 1.165) is 19.4 Å². The van der Waals surface area contributed by atoms with Gasteiger partial charge in [0.1, 0.15) is 5.37 Å². The fourth-order valence-corrected chi connectivity index (χ4v) is 1.34. The van der Waals surface area contributed by atoms with Crippen LogP contribution in [0.25, 0.3) is 0 Å². The highest BCUT2D eigenvalue weighted by Crippen LogP contribution is 1.95. The SMILES string of the molecule is CCCCNC(CC)S(=O)O. The van der Waals surface area contributed by atoms with Crippen LogP contribution in [0, 0.1) is 0 Å². The second-order valence-corrected chi connectivity index (χ2v) is 3.60. The van der Waals surface area contributed by atoms with Crippen molar-refractivity contribution < 1.29 is 8.76 Å². The average Bonchev–Trinajstić information content (AvgIpc) is 1.97.